The second-order valence-corrected chi connectivity index (χ2v) is 7.30. The maximum atomic E-state index is 12.4. The molecule has 1 N–H and O–H groups in total. The van der Waals surface area contributed by atoms with Gasteiger partial charge < -0.3 is 10.0 Å². The Morgan fingerprint density at radius 2 is 2.14 bits per heavy atom. The fourth-order valence-corrected chi connectivity index (χ4v) is 3.74. The molecule has 0 saturated carbocycles. The number of likely N-dealkylation sites (N-methyl/N-ethyl adjacent to an activating group) is 1. The summed E-state index contributed by atoms with van der Waals surface area (Å²) in [6, 6.07) is 5.13. The number of hydrogen-bond acceptors (Lipinski definition) is 4. The molecule has 7 heteroatoms. The number of rotatable bonds is 5. The molecule has 0 fully saturated rings. The highest BCUT2D eigenvalue weighted by Gasteiger charge is 2.25. The fraction of sp³-hybridized carbons (Fsp3) is 0.533. The van der Waals surface area contributed by atoms with Crippen molar-refractivity contribution in [3.05, 3.63) is 29.3 Å². The van der Waals surface area contributed by atoms with Crippen LogP contribution < -0.4 is 4.31 Å². The Morgan fingerprint density at radius 1 is 1.41 bits per heavy atom. The molecule has 6 nitrogen and oxygen atoms in total. The van der Waals surface area contributed by atoms with Gasteiger partial charge in [-0.3, -0.25) is 9.10 Å². The summed E-state index contributed by atoms with van der Waals surface area (Å²) >= 11 is 0. The van der Waals surface area contributed by atoms with Crippen LogP contribution in [0.4, 0.5) is 5.69 Å². The van der Waals surface area contributed by atoms with Crippen molar-refractivity contribution in [2.45, 2.75) is 19.8 Å². The van der Waals surface area contributed by atoms with Crippen LogP contribution >= 0.6 is 0 Å². The molecule has 0 radical (unpaired) electrons. The minimum absolute atomic E-state index is 0.0770. The zero-order chi connectivity index (χ0) is 16.3. The summed E-state index contributed by atoms with van der Waals surface area (Å²) in [6.07, 6.45) is 2.70. The Bertz CT molecular complexity index is 658. The predicted octanol–water partition coefficient (Wildman–Crippen LogP) is 0.853. The number of hydrogen-bond donors (Lipinski definition) is 1. The van der Waals surface area contributed by atoms with E-state index in [9.17, 15) is 13.2 Å². The lowest BCUT2D eigenvalue weighted by atomic mass is 10.0. The number of amides is 1. The van der Waals surface area contributed by atoms with E-state index in [4.69, 9.17) is 5.11 Å². The normalized spacial score (nSPS) is 14.6. The standard InChI is InChI=1S/C15H22N2O4S/c1-3-16(9-10-18)15(19)13-6-7-14-12(11-13)5-4-8-17(14)22(2,20)21/h6-7,11,18H,3-5,8-10H2,1-2H3. The third-order valence-electron chi connectivity index (χ3n) is 3.84. The van der Waals surface area contributed by atoms with Crippen molar-refractivity contribution in [1.82, 2.24) is 4.90 Å². The molecule has 0 aromatic heterocycles. The second-order valence-electron chi connectivity index (χ2n) is 5.39. The number of aryl methyl sites for hydroxylation is 1. The molecule has 0 aliphatic carbocycles. The number of sulfonamides is 1. The van der Waals surface area contributed by atoms with Crippen molar-refractivity contribution >= 4 is 21.6 Å². The van der Waals surface area contributed by atoms with Crippen molar-refractivity contribution in [3.8, 4) is 0 Å². The molecule has 2 rings (SSSR count). The first-order chi connectivity index (χ1) is 10.4. The largest absolute Gasteiger partial charge is 0.395 e. The van der Waals surface area contributed by atoms with Gasteiger partial charge in [0.25, 0.3) is 5.91 Å². The van der Waals surface area contributed by atoms with E-state index in [1.54, 1.807) is 23.1 Å². The van der Waals surface area contributed by atoms with Crippen LogP contribution in [0.25, 0.3) is 0 Å². The van der Waals surface area contributed by atoms with Crippen LogP contribution in [0.3, 0.4) is 0 Å². The van der Waals surface area contributed by atoms with Crippen LogP contribution in [0, 0.1) is 0 Å². The number of fused-ring (bicyclic) bond motifs is 1. The molecule has 0 atom stereocenters. The van der Waals surface area contributed by atoms with Crippen molar-refractivity contribution < 1.29 is 18.3 Å². The molecule has 1 aliphatic rings. The smallest absolute Gasteiger partial charge is 0.253 e. The molecule has 0 bridgehead atoms. The van der Waals surface area contributed by atoms with Crippen LogP contribution in [0.15, 0.2) is 18.2 Å². The Labute approximate surface area is 131 Å². The summed E-state index contributed by atoms with van der Waals surface area (Å²) in [7, 11) is -3.30. The van der Waals surface area contributed by atoms with E-state index < -0.39 is 10.0 Å². The van der Waals surface area contributed by atoms with E-state index in [-0.39, 0.29) is 12.5 Å². The number of aliphatic hydroxyl groups is 1. The molecule has 0 unspecified atom stereocenters. The number of nitrogens with zero attached hydrogens (tertiary/aromatic N) is 2. The third-order valence-corrected chi connectivity index (χ3v) is 5.02. The van der Waals surface area contributed by atoms with E-state index >= 15 is 0 Å². The van der Waals surface area contributed by atoms with Crippen molar-refractivity contribution in [1.29, 1.82) is 0 Å². The van der Waals surface area contributed by atoms with Crippen molar-refractivity contribution in [3.63, 3.8) is 0 Å². The zero-order valence-corrected chi connectivity index (χ0v) is 13.8. The van der Waals surface area contributed by atoms with Crippen LogP contribution in [0.1, 0.15) is 29.3 Å². The third kappa shape index (κ3) is 3.41. The fourth-order valence-electron chi connectivity index (χ4n) is 2.75. The van der Waals surface area contributed by atoms with Gasteiger partial charge in [-0.05, 0) is 43.5 Å². The zero-order valence-electron chi connectivity index (χ0n) is 12.9. The van der Waals surface area contributed by atoms with Crippen LogP contribution in [-0.4, -0.2) is 56.8 Å². The van der Waals surface area contributed by atoms with Gasteiger partial charge >= 0.3 is 0 Å². The van der Waals surface area contributed by atoms with Gasteiger partial charge in [0.15, 0.2) is 0 Å². The monoisotopic (exact) mass is 326 g/mol. The molecule has 1 aromatic rings. The summed E-state index contributed by atoms with van der Waals surface area (Å²) in [6.45, 7) is 3.07. The highest BCUT2D eigenvalue weighted by molar-refractivity contribution is 7.92. The topological polar surface area (TPSA) is 77.9 Å². The highest BCUT2D eigenvalue weighted by atomic mass is 32.2. The van der Waals surface area contributed by atoms with Gasteiger partial charge in [-0.15, -0.1) is 0 Å². The molecule has 1 aliphatic heterocycles. The molecular formula is C15H22N2O4S. The van der Waals surface area contributed by atoms with Gasteiger partial charge in [-0.25, -0.2) is 8.42 Å². The average Bonchev–Trinajstić information content (AvgIpc) is 2.49. The van der Waals surface area contributed by atoms with Crippen molar-refractivity contribution in [2.75, 3.05) is 36.8 Å². The minimum Gasteiger partial charge on any atom is -0.395 e. The van der Waals surface area contributed by atoms with Crippen molar-refractivity contribution in [2.24, 2.45) is 0 Å². The summed E-state index contributed by atoms with van der Waals surface area (Å²) in [5.74, 6) is -0.143. The lowest BCUT2D eigenvalue weighted by Crippen LogP contribution is -2.35. The van der Waals surface area contributed by atoms with Gasteiger partial charge in [-0.2, -0.15) is 0 Å². The highest BCUT2D eigenvalue weighted by Crippen LogP contribution is 2.30. The number of carbonyl (C=O) groups is 1. The van der Waals surface area contributed by atoms with E-state index in [0.29, 0.717) is 30.9 Å². The molecule has 122 valence electrons. The number of aliphatic hydroxyl groups excluding tert-OH is 1. The Balaban J connectivity index is 2.34. The maximum Gasteiger partial charge on any atom is 0.253 e. The molecule has 22 heavy (non-hydrogen) atoms. The van der Waals surface area contributed by atoms with E-state index in [1.165, 1.54) is 10.6 Å². The first-order valence-electron chi connectivity index (χ1n) is 7.39. The summed E-state index contributed by atoms with van der Waals surface area (Å²) in [4.78, 5) is 14.0. The Hall–Kier alpha value is -1.60. The molecule has 0 spiro atoms. The maximum absolute atomic E-state index is 12.4. The van der Waals surface area contributed by atoms with E-state index in [2.05, 4.69) is 0 Å². The number of carbonyl (C=O) groups excluding carboxylic acids is 1. The average molecular weight is 326 g/mol. The minimum atomic E-state index is -3.30. The number of anilines is 1. The van der Waals surface area contributed by atoms with Crippen LogP contribution in [0.2, 0.25) is 0 Å². The molecule has 0 saturated heterocycles. The van der Waals surface area contributed by atoms with E-state index in [1.807, 2.05) is 6.92 Å². The lowest BCUT2D eigenvalue weighted by molar-refractivity contribution is 0.0732. The van der Waals surface area contributed by atoms with Gasteiger partial charge in [0.2, 0.25) is 10.0 Å². The molecule has 1 aromatic carbocycles. The number of benzene rings is 1. The van der Waals surface area contributed by atoms with Gasteiger partial charge in [-0.1, -0.05) is 0 Å². The predicted molar refractivity (Wildman–Crippen MR) is 85.6 cm³/mol. The SMILES string of the molecule is CCN(CCO)C(=O)c1ccc2c(c1)CCCN2S(C)(=O)=O. The lowest BCUT2D eigenvalue weighted by Gasteiger charge is -2.30. The van der Waals surface area contributed by atoms with Crippen LogP contribution in [-0.2, 0) is 16.4 Å². The molecular weight excluding hydrogens is 304 g/mol. The van der Waals surface area contributed by atoms with Gasteiger partial charge in [0, 0.05) is 25.2 Å². The summed E-state index contributed by atoms with van der Waals surface area (Å²) < 4.78 is 25.1. The quantitative estimate of drug-likeness (QED) is 0.870. The summed E-state index contributed by atoms with van der Waals surface area (Å²) in [5.41, 5.74) is 2.07. The van der Waals surface area contributed by atoms with Gasteiger partial charge in [0.1, 0.15) is 0 Å². The van der Waals surface area contributed by atoms with Crippen LogP contribution in [0.5, 0.6) is 0 Å². The first kappa shape index (κ1) is 16.8. The Morgan fingerprint density at radius 3 is 2.73 bits per heavy atom. The first-order valence-corrected chi connectivity index (χ1v) is 9.24. The Kier molecular flexibility index (Phi) is 5.08. The second kappa shape index (κ2) is 6.66. The molecule has 1 heterocycles. The molecule has 1 amide bonds. The van der Waals surface area contributed by atoms with Gasteiger partial charge in [0.05, 0.1) is 18.6 Å². The summed E-state index contributed by atoms with van der Waals surface area (Å²) in [5, 5.41) is 9.01. The van der Waals surface area contributed by atoms with E-state index in [0.717, 1.165) is 18.4 Å².